The number of methoxy groups -OCH3 is 1. The summed E-state index contributed by atoms with van der Waals surface area (Å²) >= 11 is 0. The fourth-order valence-electron chi connectivity index (χ4n) is 4.44. The van der Waals surface area contributed by atoms with Crippen LogP contribution in [0.1, 0.15) is 17.8 Å². The van der Waals surface area contributed by atoms with E-state index in [9.17, 15) is 4.79 Å². The molecule has 2 fully saturated rings. The van der Waals surface area contributed by atoms with Crippen LogP contribution in [0.3, 0.4) is 0 Å². The Labute approximate surface area is 172 Å². The van der Waals surface area contributed by atoms with E-state index in [1.54, 1.807) is 7.11 Å². The summed E-state index contributed by atoms with van der Waals surface area (Å²) in [5, 5.41) is 0. The number of rotatable bonds is 6. The number of hydrogen-bond acceptors (Lipinski definition) is 5. The van der Waals surface area contributed by atoms with E-state index < -0.39 is 0 Å². The fourth-order valence-corrected chi connectivity index (χ4v) is 4.44. The SMILES string of the molecule is COc1ccccc1CC(=O)N1CCOC2(CCN(CCc3nccn3C)C2)C1. The number of likely N-dealkylation sites (tertiary alicyclic amines) is 1. The normalized spacial score (nSPS) is 22.3. The standard InChI is InChI=1S/C22H30N4O3/c1-24-12-9-23-20(24)7-10-25-11-8-22(16-25)17-26(13-14-29-22)21(27)15-18-5-3-4-6-19(18)28-2/h3-6,9,12H,7-8,10-11,13-17H2,1-2H3. The van der Waals surface area contributed by atoms with Gasteiger partial charge in [-0.2, -0.15) is 0 Å². The van der Waals surface area contributed by atoms with Crippen LogP contribution in [-0.4, -0.2) is 77.3 Å². The first-order valence-corrected chi connectivity index (χ1v) is 10.3. The molecule has 1 aromatic carbocycles. The van der Waals surface area contributed by atoms with Crippen molar-refractivity contribution >= 4 is 5.91 Å². The van der Waals surface area contributed by atoms with Crippen molar-refractivity contribution in [2.75, 3.05) is 46.4 Å². The number of hydrogen-bond donors (Lipinski definition) is 0. The summed E-state index contributed by atoms with van der Waals surface area (Å²) < 4.78 is 13.7. The molecule has 4 rings (SSSR count). The second kappa shape index (κ2) is 8.55. The molecular weight excluding hydrogens is 368 g/mol. The van der Waals surface area contributed by atoms with Crippen molar-refractivity contribution in [3.05, 3.63) is 48.0 Å². The Kier molecular flexibility index (Phi) is 5.87. The Morgan fingerprint density at radius 3 is 2.93 bits per heavy atom. The number of morpholine rings is 1. The zero-order chi connectivity index (χ0) is 20.3. The first-order chi connectivity index (χ1) is 14.1. The lowest BCUT2D eigenvalue weighted by Gasteiger charge is -2.40. The summed E-state index contributed by atoms with van der Waals surface area (Å²) in [6.07, 6.45) is 6.08. The van der Waals surface area contributed by atoms with E-state index in [0.717, 1.165) is 49.6 Å². The van der Waals surface area contributed by atoms with Crippen LogP contribution in [0.5, 0.6) is 5.75 Å². The van der Waals surface area contributed by atoms with Gasteiger partial charge in [0.25, 0.3) is 0 Å². The number of nitrogens with zero attached hydrogens (tertiary/aromatic N) is 4. The third-order valence-corrected chi connectivity index (χ3v) is 6.10. The molecular formula is C22H30N4O3. The summed E-state index contributed by atoms with van der Waals surface area (Å²) in [6, 6.07) is 7.73. The number of aryl methyl sites for hydroxylation is 1. The van der Waals surface area contributed by atoms with E-state index in [-0.39, 0.29) is 11.5 Å². The molecule has 3 heterocycles. The molecule has 2 aromatic rings. The molecule has 156 valence electrons. The van der Waals surface area contributed by atoms with Crippen molar-refractivity contribution in [3.8, 4) is 5.75 Å². The highest BCUT2D eigenvalue weighted by Gasteiger charge is 2.43. The third kappa shape index (κ3) is 4.46. The molecule has 1 amide bonds. The fraction of sp³-hybridized carbons (Fsp3) is 0.545. The van der Waals surface area contributed by atoms with Crippen molar-refractivity contribution in [1.29, 1.82) is 0 Å². The zero-order valence-electron chi connectivity index (χ0n) is 17.3. The van der Waals surface area contributed by atoms with E-state index in [2.05, 4.69) is 14.5 Å². The average molecular weight is 399 g/mol. The number of aromatic nitrogens is 2. The number of ether oxygens (including phenoxy) is 2. The van der Waals surface area contributed by atoms with Crippen LogP contribution in [-0.2, 0) is 29.4 Å². The molecule has 1 spiro atoms. The van der Waals surface area contributed by atoms with Crippen molar-refractivity contribution in [3.63, 3.8) is 0 Å². The highest BCUT2D eigenvalue weighted by atomic mass is 16.5. The Balaban J connectivity index is 1.34. The lowest BCUT2D eigenvalue weighted by atomic mass is 10.00. The molecule has 0 N–H and O–H groups in total. The predicted octanol–water partition coefficient (Wildman–Crippen LogP) is 1.52. The molecule has 0 aliphatic carbocycles. The molecule has 7 nitrogen and oxygen atoms in total. The average Bonchev–Trinajstić information content (AvgIpc) is 3.32. The summed E-state index contributed by atoms with van der Waals surface area (Å²) in [4.78, 5) is 21.8. The lowest BCUT2D eigenvalue weighted by Crippen LogP contribution is -2.55. The van der Waals surface area contributed by atoms with Crippen molar-refractivity contribution in [2.45, 2.75) is 24.9 Å². The van der Waals surface area contributed by atoms with Gasteiger partial charge in [0.05, 0.1) is 32.3 Å². The Bertz CT molecular complexity index is 852. The minimum absolute atomic E-state index is 0.142. The Morgan fingerprint density at radius 2 is 2.14 bits per heavy atom. The maximum absolute atomic E-state index is 13.0. The van der Waals surface area contributed by atoms with Crippen molar-refractivity contribution < 1.29 is 14.3 Å². The minimum atomic E-state index is -0.240. The summed E-state index contributed by atoms with van der Waals surface area (Å²) in [5.74, 6) is 2.01. The second-order valence-electron chi connectivity index (χ2n) is 8.07. The van der Waals surface area contributed by atoms with Gasteiger partial charge in [-0.05, 0) is 12.5 Å². The van der Waals surface area contributed by atoms with Crippen molar-refractivity contribution in [1.82, 2.24) is 19.4 Å². The summed E-state index contributed by atoms with van der Waals surface area (Å²) in [5.41, 5.74) is 0.694. The van der Waals surface area contributed by atoms with Crippen LogP contribution in [0, 0.1) is 0 Å². The third-order valence-electron chi connectivity index (χ3n) is 6.10. The topological polar surface area (TPSA) is 59.8 Å². The van der Waals surface area contributed by atoms with E-state index in [4.69, 9.17) is 9.47 Å². The van der Waals surface area contributed by atoms with E-state index in [0.29, 0.717) is 26.1 Å². The molecule has 0 radical (unpaired) electrons. The van der Waals surface area contributed by atoms with Crippen LogP contribution >= 0.6 is 0 Å². The molecule has 2 saturated heterocycles. The summed E-state index contributed by atoms with van der Waals surface area (Å²) in [7, 11) is 3.67. The highest BCUT2D eigenvalue weighted by molar-refractivity contribution is 5.79. The number of amides is 1. The van der Waals surface area contributed by atoms with Gasteiger partial charge in [0.1, 0.15) is 11.6 Å². The van der Waals surface area contributed by atoms with Gasteiger partial charge < -0.3 is 18.9 Å². The van der Waals surface area contributed by atoms with Gasteiger partial charge in [-0.1, -0.05) is 18.2 Å². The second-order valence-corrected chi connectivity index (χ2v) is 8.07. The molecule has 2 aliphatic heterocycles. The predicted molar refractivity (Wildman–Crippen MR) is 110 cm³/mol. The van der Waals surface area contributed by atoms with Gasteiger partial charge in [0.2, 0.25) is 5.91 Å². The van der Waals surface area contributed by atoms with Crippen LogP contribution in [0.25, 0.3) is 0 Å². The van der Waals surface area contributed by atoms with Gasteiger partial charge in [0.15, 0.2) is 0 Å². The van der Waals surface area contributed by atoms with Crippen LogP contribution in [0.15, 0.2) is 36.7 Å². The molecule has 1 aromatic heterocycles. The molecule has 1 unspecified atom stereocenters. The van der Waals surface area contributed by atoms with Gasteiger partial charge >= 0.3 is 0 Å². The maximum atomic E-state index is 13.0. The minimum Gasteiger partial charge on any atom is -0.496 e. The molecule has 1 atom stereocenters. The largest absolute Gasteiger partial charge is 0.496 e. The zero-order valence-corrected chi connectivity index (χ0v) is 17.3. The Hall–Kier alpha value is -2.38. The van der Waals surface area contributed by atoms with Gasteiger partial charge in [0, 0.05) is 57.6 Å². The van der Waals surface area contributed by atoms with Gasteiger partial charge in [-0.25, -0.2) is 4.98 Å². The Morgan fingerprint density at radius 1 is 1.28 bits per heavy atom. The lowest BCUT2D eigenvalue weighted by molar-refractivity contribution is -0.148. The van der Waals surface area contributed by atoms with E-state index >= 15 is 0 Å². The highest BCUT2D eigenvalue weighted by Crippen LogP contribution is 2.30. The van der Waals surface area contributed by atoms with E-state index in [1.807, 2.05) is 48.6 Å². The number of para-hydroxylation sites is 1. The smallest absolute Gasteiger partial charge is 0.227 e. The molecule has 7 heteroatoms. The molecule has 0 bridgehead atoms. The first kappa shape index (κ1) is 19.9. The number of carbonyl (C=O) groups is 1. The van der Waals surface area contributed by atoms with Crippen molar-refractivity contribution in [2.24, 2.45) is 7.05 Å². The number of imidazole rings is 1. The number of carbonyl (C=O) groups excluding carboxylic acids is 1. The molecule has 2 aliphatic rings. The monoisotopic (exact) mass is 398 g/mol. The van der Waals surface area contributed by atoms with Crippen LogP contribution in [0.4, 0.5) is 0 Å². The molecule has 29 heavy (non-hydrogen) atoms. The van der Waals surface area contributed by atoms with E-state index in [1.165, 1.54) is 0 Å². The van der Waals surface area contributed by atoms with Gasteiger partial charge in [-0.15, -0.1) is 0 Å². The summed E-state index contributed by atoms with van der Waals surface area (Å²) in [6.45, 7) is 4.76. The first-order valence-electron chi connectivity index (χ1n) is 10.3. The van der Waals surface area contributed by atoms with Crippen LogP contribution in [0.2, 0.25) is 0 Å². The maximum Gasteiger partial charge on any atom is 0.227 e. The number of benzene rings is 1. The quantitative estimate of drug-likeness (QED) is 0.738. The van der Waals surface area contributed by atoms with Crippen LogP contribution < -0.4 is 4.74 Å². The van der Waals surface area contributed by atoms with Gasteiger partial charge in [-0.3, -0.25) is 9.69 Å². The molecule has 0 saturated carbocycles.